The second-order valence-electron chi connectivity index (χ2n) is 4.22. The molecule has 1 heterocycles. The van der Waals surface area contributed by atoms with Gasteiger partial charge in [-0.2, -0.15) is 0 Å². The van der Waals surface area contributed by atoms with Gasteiger partial charge in [-0.1, -0.05) is 11.6 Å². The third-order valence-corrected chi connectivity index (χ3v) is 3.04. The predicted octanol–water partition coefficient (Wildman–Crippen LogP) is 3.56. The molecular formula is C13H16ClN3. The van der Waals surface area contributed by atoms with E-state index < -0.39 is 0 Å². The number of benzene rings is 1. The Morgan fingerprint density at radius 3 is 2.76 bits per heavy atom. The lowest BCUT2D eigenvalue weighted by Gasteiger charge is -2.17. The van der Waals surface area contributed by atoms with Crippen molar-refractivity contribution in [3.05, 3.63) is 47.0 Å². The minimum Gasteiger partial charge on any atom is -0.375 e. The molecule has 17 heavy (non-hydrogen) atoms. The van der Waals surface area contributed by atoms with Crippen molar-refractivity contribution in [2.75, 3.05) is 5.32 Å². The van der Waals surface area contributed by atoms with E-state index in [2.05, 4.69) is 17.2 Å². The van der Waals surface area contributed by atoms with E-state index in [1.54, 1.807) is 0 Å². The van der Waals surface area contributed by atoms with Gasteiger partial charge < -0.3 is 9.88 Å². The molecule has 2 rings (SSSR count). The van der Waals surface area contributed by atoms with Crippen molar-refractivity contribution >= 4 is 17.3 Å². The molecule has 1 aromatic heterocycles. The summed E-state index contributed by atoms with van der Waals surface area (Å²) in [5.41, 5.74) is 2.23. The third-order valence-electron chi connectivity index (χ3n) is 2.81. The van der Waals surface area contributed by atoms with Gasteiger partial charge in [0.15, 0.2) is 0 Å². The van der Waals surface area contributed by atoms with Gasteiger partial charge in [-0.3, -0.25) is 0 Å². The van der Waals surface area contributed by atoms with Crippen LogP contribution in [0.4, 0.5) is 5.69 Å². The first-order valence-electron chi connectivity index (χ1n) is 5.58. The molecule has 0 spiro atoms. The lowest BCUT2D eigenvalue weighted by molar-refractivity contribution is 0.721. The van der Waals surface area contributed by atoms with Gasteiger partial charge in [-0.25, -0.2) is 4.98 Å². The van der Waals surface area contributed by atoms with Crippen LogP contribution < -0.4 is 5.32 Å². The molecule has 1 atom stereocenters. The van der Waals surface area contributed by atoms with Crippen LogP contribution >= 0.6 is 11.6 Å². The fraction of sp³-hybridized carbons (Fsp3) is 0.308. The van der Waals surface area contributed by atoms with Crippen molar-refractivity contribution in [3.8, 4) is 0 Å². The Labute approximate surface area is 106 Å². The molecule has 0 fully saturated rings. The lowest BCUT2D eigenvalue weighted by Crippen LogP contribution is -2.12. The van der Waals surface area contributed by atoms with E-state index in [1.165, 1.54) is 0 Å². The maximum Gasteiger partial charge on any atom is 0.130 e. The molecular weight excluding hydrogens is 234 g/mol. The monoisotopic (exact) mass is 249 g/mol. The topological polar surface area (TPSA) is 29.9 Å². The van der Waals surface area contributed by atoms with Gasteiger partial charge in [0.05, 0.1) is 6.04 Å². The molecule has 0 saturated heterocycles. The summed E-state index contributed by atoms with van der Waals surface area (Å²) in [7, 11) is 2.00. The summed E-state index contributed by atoms with van der Waals surface area (Å²) >= 11 is 5.93. The number of hydrogen-bond acceptors (Lipinski definition) is 2. The van der Waals surface area contributed by atoms with E-state index in [-0.39, 0.29) is 6.04 Å². The Bertz CT molecular complexity index is 519. The average molecular weight is 250 g/mol. The molecule has 3 nitrogen and oxygen atoms in total. The lowest BCUT2D eigenvalue weighted by atomic mass is 10.2. The number of nitrogens with zero attached hydrogens (tertiary/aromatic N) is 2. The number of halogens is 1. The van der Waals surface area contributed by atoms with E-state index in [9.17, 15) is 0 Å². The zero-order valence-corrected chi connectivity index (χ0v) is 11.0. The fourth-order valence-electron chi connectivity index (χ4n) is 1.88. The Balaban J connectivity index is 2.19. The van der Waals surface area contributed by atoms with Crippen molar-refractivity contribution < 1.29 is 0 Å². The summed E-state index contributed by atoms with van der Waals surface area (Å²) in [6.07, 6.45) is 3.75. The molecule has 0 aliphatic rings. The molecule has 90 valence electrons. The first-order valence-corrected chi connectivity index (χ1v) is 5.95. The number of aryl methyl sites for hydroxylation is 2. The molecule has 2 aromatic rings. The Kier molecular flexibility index (Phi) is 3.38. The fourth-order valence-corrected chi connectivity index (χ4v) is 2.11. The van der Waals surface area contributed by atoms with Crippen molar-refractivity contribution in [1.82, 2.24) is 9.55 Å². The van der Waals surface area contributed by atoms with Crippen LogP contribution in [-0.4, -0.2) is 9.55 Å². The zero-order valence-electron chi connectivity index (χ0n) is 10.2. The minimum absolute atomic E-state index is 0.162. The number of nitrogens with one attached hydrogen (secondary N) is 1. The normalized spacial score (nSPS) is 12.5. The van der Waals surface area contributed by atoms with Crippen LogP contribution in [0.2, 0.25) is 5.02 Å². The summed E-state index contributed by atoms with van der Waals surface area (Å²) in [6, 6.07) is 6.00. The molecule has 0 aliphatic heterocycles. The molecule has 0 bridgehead atoms. The Morgan fingerprint density at radius 2 is 2.18 bits per heavy atom. The summed E-state index contributed by atoms with van der Waals surface area (Å²) in [5.74, 6) is 1.01. The Hall–Kier alpha value is -1.48. The van der Waals surface area contributed by atoms with Crippen LogP contribution in [0.3, 0.4) is 0 Å². The molecule has 1 aromatic carbocycles. The number of imidazole rings is 1. The Morgan fingerprint density at radius 1 is 1.41 bits per heavy atom. The van der Waals surface area contributed by atoms with Crippen LogP contribution in [0.15, 0.2) is 30.6 Å². The molecule has 0 saturated carbocycles. The van der Waals surface area contributed by atoms with Crippen LogP contribution in [0.25, 0.3) is 0 Å². The highest BCUT2D eigenvalue weighted by molar-refractivity contribution is 6.30. The van der Waals surface area contributed by atoms with Crippen molar-refractivity contribution in [3.63, 3.8) is 0 Å². The summed E-state index contributed by atoms with van der Waals surface area (Å²) in [5, 5.41) is 4.20. The summed E-state index contributed by atoms with van der Waals surface area (Å²) in [6.45, 7) is 4.13. The largest absolute Gasteiger partial charge is 0.375 e. The van der Waals surface area contributed by atoms with E-state index >= 15 is 0 Å². The van der Waals surface area contributed by atoms with Crippen molar-refractivity contribution in [2.24, 2.45) is 7.05 Å². The third kappa shape index (κ3) is 2.61. The van der Waals surface area contributed by atoms with Gasteiger partial charge in [0, 0.05) is 30.2 Å². The highest BCUT2D eigenvalue weighted by atomic mass is 35.5. The number of anilines is 1. The predicted molar refractivity (Wildman–Crippen MR) is 71.4 cm³/mol. The molecule has 1 unspecified atom stereocenters. The van der Waals surface area contributed by atoms with Crippen LogP contribution in [-0.2, 0) is 7.05 Å². The van der Waals surface area contributed by atoms with E-state index in [0.29, 0.717) is 0 Å². The highest BCUT2D eigenvalue weighted by Crippen LogP contribution is 2.23. The first-order chi connectivity index (χ1) is 8.08. The smallest absolute Gasteiger partial charge is 0.130 e. The van der Waals surface area contributed by atoms with E-state index in [1.807, 2.05) is 49.1 Å². The van der Waals surface area contributed by atoms with E-state index in [0.717, 1.165) is 22.1 Å². The summed E-state index contributed by atoms with van der Waals surface area (Å²) < 4.78 is 2.02. The van der Waals surface area contributed by atoms with Crippen molar-refractivity contribution in [2.45, 2.75) is 19.9 Å². The standard InChI is InChI=1S/C13H16ClN3/c1-9-8-11(14)4-5-12(9)16-10(2)13-15-6-7-17(13)3/h4-8,10,16H,1-3H3. The SMILES string of the molecule is Cc1cc(Cl)ccc1NC(C)c1nccn1C. The highest BCUT2D eigenvalue weighted by Gasteiger charge is 2.10. The van der Waals surface area contributed by atoms with Crippen LogP contribution in [0.1, 0.15) is 24.4 Å². The summed E-state index contributed by atoms with van der Waals surface area (Å²) in [4.78, 5) is 4.33. The molecule has 4 heteroatoms. The number of rotatable bonds is 3. The molecule has 0 aliphatic carbocycles. The first kappa shape index (κ1) is 12.0. The quantitative estimate of drug-likeness (QED) is 0.902. The van der Waals surface area contributed by atoms with Gasteiger partial charge in [-0.15, -0.1) is 0 Å². The zero-order chi connectivity index (χ0) is 12.4. The maximum absolute atomic E-state index is 5.93. The van der Waals surface area contributed by atoms with E-state index in [4.69, 9.17) is 11.6 Å². The van der Waals surface area contributed by atoms with Crippen LogP contribution in [0, 0.1) is 6.92 Å². The molecule has 0 radical (unpaired) electrons. The second kappa shape index (κ2) is 4.80. The van der Waals surface area contributed by atoms with Crippen molar-refractivity contribution in [1.29, 1.82) is 0 Å². The molecule has 1 N–H and O–H groups in total. The minimum atomic E-state index is 0.162. The van der Waals surface area contributed by atoms with Gasteiger partial charge >= 0.3 is 0 Å². The average Bonchev–Trinajstić information content (AvgIpc) is 2.68. The van der Waals surface area contributed by atoms with Gasteiger partial charge in [0.2, 0.25) is 0 Å². The van der Waals surface area contributed by atoms with Gasteiger partial charge in [0.1, 0.15) is 5.82 Å². The maximum atomic E-state index is 5.93. The van der Waals surface area contributed by atoms with Gasteiger partial charge in [0.25, 0.3) is 0 Å². The molecule has 0 amide bonds. The van der Waals surface area contributed by atoms with Gasteiger partial charge in [-0.05, 0) is 37.6 Å². The van der Waals surface area contributed by atoms with Crippen LogP contribution in [0.5, 0.6) is 0 Å². The second-order valence-corrected chi connectivity index (χ2v) is 4.66. The number of hydrogen-bond donors (Lipinski definition) is 1. The number of aromatic nitrogens is 2.